The summed E-state index contributed by atoms with van der Waals surface area (Å²) in [4.78, 5) is 16.3. The summed E-state index contributed by atoms with van der Waals surface area (Å²) in [5, 5.41) is 7.28. The van der Waals surface area contributed by atoms with Crippen LogP contribution in [-0.4, -0.2) is 31.8 Å². The number of anilines is 1. The van der Waals surface area contributed by atoms with E-state index in [2.05, 4.69) is 29.2 Å². The molecule has 1 amide bonds. The van der Waals surface area contributed by atoms with Crippen LogP contribution in [0.1, 0.15) is 26.5 Å². The number of nitrogens with one attached hydrogen (secondary N) is 1. The third-order valence-corrected chi connectivity index (χ3v) is 3.14. The summed E-state index contributed by atoms with van der Waals surface area (Å²) >= 11 is 0. The van der Waals surface area contributed by atoms with Crippen LogP contribution in [0.5, 0.6) is 0 Å². The molecule has 7 nitrogen and oxygen atoms in total. The fourth-order valence-electron chi connectivity index (χ4n) is 2.14. The van der Waals surface area contributed by atoms with Gasteiger partial charge in [0.15, 0.2) is 5.65 Å². The van der Waals surface area contributed by atoms with Crippen LogP contribution in [0.2, 0.25) is 0 Å². The number of hydrogen-bond acceptors (Lipinski definition) is 4. The van der Waals surface area contributed by atoms with E-state index in [9.17, 15) is 4.79 Å². The highest BCUT2D eigenvalue weighted by Gasteiger charge is 2.18. The molecule has 3 N–H and O–H groups in total. The number of hydrogen-bond donors (Lipinski definition) is 2. The van der Waals surface area contributed by atoms with Crippen LogP contribution >= 0.6 is 0 Å². The minimum Gasteiger partial charge on any atom is -0.369 e. The lowest BCUT2D eigenvalue weighted by Gasteiger charge is -2.10. The monoisotopic (exact) mass is 278 g/mol. The molecule has 0 unspecified atom stereocenters. The molecule has 0 fully saturated rings. The maximum absolute atomic E-state index is 12.0. The van der Waals surface area contributed by atoms with E-state index in [4.69, 9.17) is 5.73 Å². The molecule has 0 bridgehead atoms. The van der Waals surface area contributed by atoms with E-state index in [1.807, 2.05) is 18.5 Å². The van der Waals surface area contributed by atoms with E-state index in [0.717, 1.165) is 16.9 Å². The Balaban J connectivity index is 2.29. The van der Waals surface area contributed by atoms with Crippen molar-refractivity contribution in [3.8, 4) is 0 Å². The maximum atomic E-state index is 12.0. The van der Waals surface area contributed by atoms with Gasteiger partial charge in [-0.15, -0.1) is 0 Å². The highest BCUT2D eigenvalue weighted by molar-refractivity contribution is 5.82. The lowest BCUT2D eigenvalue weighted by Crippen LogP contribution is -2.31. The second-order valence-electron chi connectivity index (χ2n) is 5.33. The van der Waals surface area contributed by atoms with Crippen LogP contribution in [0.4, 0.5) is 5.95 Å². The molecule has 0 spiro atoms. The summed E-state index contributed by atoms with van der Waals surface area (Å²) in [5.41, 5.74) is 8.33. The Morgan fingerprint density at radius 2 is 2.15 bits per heavy atom. The van der Waals surface area contributed by atoms with Crippen LogP contribution in [0.3, 0.4) is 0 Å². The Kier molecular flexibility index (Phi) is 3.96. The lowest BCUT2D eigenvalue weighted by atomic mass is 10.2. The highest BCUT2D eigenvalue weighted by atomic mass is 16.1. The molecule has 2 rings (SSSR count). The molecule has 0 aliphatic heterocycles. The Morgan fingerprint density at radius 3 is 2.75 bits per heavy atom. The molecule has 20 heavy (non-hydrogen) atoms. The zero-order valence-corrected chi connectivity index (χ0v) is 12.5. The molecule has 110 valence electrons. The number of carbonyl (C=O) groups is 1. The minimum atomic E-state index is -0.0637. The second kappa shape index (κ2) is 5.52. The molecule has 0 aromatic carbocycles. The van der Waals surface area contributed by atoms with E-state index < -0.39 is 0 Å². The Morgan fingerprint density at radius 1 is 1.45 bits per heavy atom. The zero-order valence-electron chi connectivity index (χ0n) is 12.5. The number of nitrogen functional groups attached to an aromatic ring is 1. The van der Waals surface area contributed by atoms with Crippen LogP contribution in [0.25, 0.3) is 11.2 Å². The van der Waals surface area contributed by atoms with Gasteiger partial charge < -0.3 is 11.1 Å². The fraction of sp³-hybridized carbons (Fsp3) is 0.615. The Hall–Kier alpha value is -2.05. The number of nitrogens with two attached hydrogens (primary N) is 1. The third-order valence-electron chi connectivity index (χ3n) is 3.14. The summed E-state index contributed by atoms with van der Waals surface area (Å²) in [5.74, 6) is 0.705. The van der Waals surface area contributed by atoms with Crippen LogP contribution in [0, 0.1) is 12.8 Å². The molecule has 2 aromatic heterocycles. The SMILES string of the molecule is CCn1nc(C)c2nc(N)n(CC(=O)NCC(C)C)c21. The number of imidazole rings is 1. The molecular formula is C13H22N6O. The van der Waals surface area contributed by atoms with E-state index in [1.54, 1.807) is 4.57 Å². The summed E-state index contributed by atoms with van der Waals surface area (Å²) < 4.78 is 3.54. The van der Waals surface area contributed by atoms with E-state index >= 15 is 0 Å². The van der Waals surface area contributed by atoms with Crippen molar-refractivity contribution in [3.05, 3.63) is 5.69 Å². The average molecular weight is 278 g/mol. The molecule has 0 aliphatic rings. The highest BCUT2D eigenvalue weighted by Crippen LogP contribution is 2.20. The van der Waals surface area contributed by atoms with Crippen molar-refractivity contribution in [1.82, 2.24) is 24.6 Å². The molecule has 0 aliphatic carbocycles. The van der Waals surface area contributed by atoms with Crippen LogP contribution in [0.15, 0.2) is 0 Å². The number of fused-ring (bicyclic) bond motifs is 1. The number of aryl methyl sites for hydroxylation is 2. The van der Waals surface area contributed by atoms with Crippen molar-refractivity contribution in [3.63, 3.8) is 0 Å². The van der Waals surface area contributed by atoms with Gasteiger partial charge in [0, 0.05) is 13.1 Å². The first kappa shape index (κ1) is 14.4. The van der Waals surface area contributed by atoms with Crippen molar-refractivity contribution in [1.29, 1.82) is 0 Å². The molecule has 0 saturated carbocycles. The fourth-order valence-corrected chi connectivity index (χ4v) is 2.14. The van der Waals surface area contributed by atoms with Crippen molar-refractivity contribution < 1.29 is 4.79 Å². The van der Waals surface area contributed by atoms with E-state index in [-0.39, 0.29) is 12.5 Å². The molecule has 0 saturated heterocycles. The largest absolute Gasteiger partial charge is 0.369 e. The number of aromatic nitrogens is 4. The van der Waals surface area contributed by atoms with Gasteiger partial charge in [-0.1, -0.05) is 13.8 Å². The van der Waals surface area contributed by atoms with E-state index in [0.29, 0.717) is 25.0 Å². The van der Waals surface area contributed by atoms with Gasteiger partial charge in [0.2, 0.25) is 11.9 Å². The predicted octanol–water partition coefficient (Wildman–Crippen LogP) is 0.916. The topological polar surface area (TPSA) is 90.8 Å². The third kappa shape index (κ3) is 2.61. The zero-order chi connectivity index (χ0) is 14.9. The van der Waals surface area contributed by atoms with Gasteiger partial charge in [-0.2, -0.15) is 5.10 Å². The van der Waals surface area contributed by atoms with Crippen molar-refractivity contribution in [2.45, 2.75) is 40.8 Å². The first-order valence-corrected chi connectivity index (χ1v) is 6.89. The molecule has 7 heteroatoms. The smallest absolute Gasteiger partial charge is 0.240 e. The maximum Gasteiger partial charge on any atom is 0.240 e. The number of rotatable bonds is 5. The van der Waals surface area contributed by atoms with E-state index in [1.165, 1.54) is 0 Å². The van der Waals surface area contributed by atoms with Gasteiger partial charge in [0.25, 0.3) is 0 Å². The number of nitrogens with zero attached hydrogens (tertiary/aromatic N) is 4. The number of amides is 1. The average Bonchev–Trinajstić information content (AvgIpc) is 2.86. The molecule has 2 aromatic rings. The summed E-state index contributed by atoms with van der Waals surface area (Å²) in [6.07, 6.45) is 0. The van der Waals surface area contributed by atoms with Gasteiger partial charge >= 0.3 is 0 Å². The molecule has 0 atom stereocenters. The van der Waals surface area contributed by atoms with Gasteiger partial charge in [-0.3, -0.25) is 9.36 Å². The lowest BCUT2D eigenvalue weighted by molar-refractivity contribution is -0.121. The molecular weight excluding hydrogens is 256 g/mol. The number of carbonyl (C=O) groups excluding carboxylic acids is 1. The Labute approximate surface area is 118 Å². The van der Waals surface area contributed by atoms with Gasteiger partial charge in [0.1, 0.15) is 12.1 Å². The first-order valence-electron chi connectivity index (χ1n) is 6.89. The Bertz CT molecular complexity index is 624. The van der Waals surface area contributed by atoms with Crippen LogP contribution in [-0.2, 0) is 17.9 Å². The van der Waals surface area contributed by atoms with Gasteiger partial charge in [0.05, 0.1) is 5.69 Å². The predicted molar refractivity (Wildman–Crippen MR) is 78.2 cm³/mol. The van der Waals surface area contributed by atoms with Crippen LogP contribution < -0.4 is 11.1 Å². The normalized spacial score (nSPS) is 11.4. The van der Waals surface area contributed by atoms with Gasteiger partial charge in [-0.05, 0) is 19.8 Å². The second-order valence-corrected chi connectivity index (χ2v) is 5.33. The molecule has 2 heterocycles. The van der Waals surface area contributed by atoms with Crippen molar-refractivity contribution in [2.24, 2.45) is 5.92 Å². The summed E-state index contributed by atoms with van der Waals surface area (Å²) in [6, 6.07) is 0. The minimum absolute atomic E-state index is 0.0637. The standard InChI is InChI=1S/C13H22N6O/c1-5-19-12-11(9(4)17-19)16-13(14)18(12)7-10(20)15-6-8(2)3/h8H,5-7H2,1-4H3,(H2,14,16)(H,15,20). The quantitative estimate of drug-likeness (QED) is 0.850. The first-order chi connectivity index (χ1) is 9.43. The van der Waals surface area contributed by atoms with Gasteiger partial charge in [-0.25, -0.2) is 9.67 Å². The molecule has 0 radical (unpaired) electrons. The summed E-state index contributed by atoms with van der Waals surface area (Å²) in [7, 11) is 0. The van der Waals surface area contributed by atoms with Crippen molar-refractivity contribution >= 4 is 23.0 Å². The summed E-state index contributed by atoms with van der Waals surface area (Å²) in [6.45, 7) is 9.54. The van der Waals surface area contributed by atoms with Crippen molar-refractivity contribution in [2.75, 3.05) is 12.3 Å².